The van der Waals surface area contributed by atoms with E-state index in [4.69, 9.17) is 0 Å². The molecule has 21 heavy (non-hydrogen) atoms. The van der Waals surface area contributed by atoms with Crippen LogP contribution in [0.5, 0.6) is 0 Å². The molecule has 2 N–H and O–H groups in total. The third-order valence-corrected chi connectivity index (χ3v) is 5.94. The van der Waals surface area contributed by atoms with Gasteiger partial charge in [-0.05, 0) is 25.8 Å². The fraction of sp³-hybridized carbons (Fsp3) is 0.636. The van der Waals surface area contributed by atoms with Crippen LogP contribution in [0.2, 0.25) is 0 Å². The van der Waals surface area contributed by atoms with Crippen molar-refractivity contribution in [2.75, 3.05) is 20.2 Å². The summed E-state index contributed by atoms with van der Waals surface area (Å²) in [5, 5.41) is 3.30. The van der Waals surface area contributed by atoms with Crippen molar-refractivity contribution < 1.29 is 17.9 Å². The van der Waals surface area contributed by atoms with Crippen LogP contribution in [0.4, 0.5) is 0 Å². The van der Waals surface area contributed by atoms with Crippen LogP contribution in [-0.4, -0.2) is 45.6 Å². The highest BCUT2D eigenvalue weighted by molar-refractivity contribution is 7.91. The molecular formula is C11H18ClN3O4S2. The molecule has 1 aliphatic heterocycles. The van der Waals surface area contributed by atoms with Crippen molar-refractivity contribution in [1.82, 2.24) is 15.0 Å². The van der Waals surface area contributed by atoms with E-state index in [1.165, 1.54) is 12.6 Å². The molecule has 0 aliphatic carbocycles. The number of aromatic nitrogens is 1. The number of ether oxygens (including phenoxy) is 1. The molecule has 7 nitrogen and oxygen atoms in total. The summed E-state index contributed by atoms with van der Waals surface area (Å²) < 4.78 is 31.2. The molecule has 0 unspecified atom stereocenters. The first kappa shape index (κ1) is 18.3. The maximum Gasteiger partial charge on any atom is 0.358 e. The largest absolute Gasteiger partial charge is 0.464 e. The van der Waals surface area contributed by atoms with Crippen LogP contribution in [0, 0.1) is 0 Å². The number of thiazole rings is 1. The third-order valence-electron chi connectivity index (χ3n) is 3.10. The van der Waals surface area contributed by atoms with Crippen molar-refractivity contribution in [3.8, 4) is 0 Å². The molecule has 1 aliphatic rings. The highest BCUT2D eigenvalue weighted by atomic mass is 35.5. The number of nitrogens with one attached hydrogen (secondary N) is 2. The van der Waals surface area contributed by atoms with Gasteiger partial charge in [0.25, 0.3) is 10.0 Å². The van der Waals surface area contributed by atoms with Crippen LogP contribution in [0.1, 0.15) is 29.8 Å². The zero-order valence-electron chi connectivity index (χ0n) is 11.5. The number of methoxy groups -OCH3 is 1. The minimum Gasteiger partial charge on any atom is -0.464 e. The molecule has 2 heterocycles. The Kier molecular flexibility index (Phi) is 7.01. The molecule has 1 aromatic rings. The molecule has 0 radical (unpaired) electrons. The summed E-state index contributed by atoms with van der Waals surface area (Å²) >= 11 is 0.905. The van der Waals surface area contributed by atoms with Crippen molar-refractivity contribution in [2.24, 2.45) is 0 Å². The zero-order chi connectivity index (χ0) is 14.6. The van der Waals surface area contributed by atoms with Crippen molar-refractivity contribution in [1.29, 1.82) is 0 Å². The van der Waals surface area contributed by atoms with Gasteiger partial charge in [0, 0.05) is 12.6 Å². The van der Waals surface area contributed by atoms with Gasteiger partial charge in [-0.3, -0.25) is 0 Å². The monoisotopic (exact) mass is 355 g/mol. The second-order valence-electron chi connectivity index (χ2n) is 4.46. The predicted octanol–water partition coefficient (Wildman–Crippen LogP) is 0.772. The highest BCUT2D eigenvalue weighted by Gasteiger charge is 2.26. The molecule has 0 bridgehead atoms. The number of carbonyl (C=O) groups excluding carboxylic acids is 1. The Hall–Kier alpha value is -0.740. The Morgan fingerprint density at radius 1 is 1.62 bits per heavy atom. The molecular weight excluding hydrogens is 338 g/mol. The van der Waals surface area contributed by atoms with E-state index in [2.05, 4.69) is 19.8 Å². The van der Waals surface area contributed by atoms with Gasteiger partial charge in [-0.1, -0.05) is 0 Å². The Labute approximate surface area is 133 Å². The Balaban J connectivity index is 0.00000220. The van der Waals surface area contributed by atoms with E-state index in [1.807, 2.05) is 0 Å². The van der Waals surface area contributed by atoms with Crippen LogP contribution in [0.25, 0.3) is 0 Å². The standard InChI is InChI=1S/C11H17N3O4S2.ClH/c1-18-10(15)9-11(19-7-13-9)20(16,17)14-6-4-8-3-2-5-12-8;/h7-8,12,14H,2-6H2,1H3;1H/t8-;/m1./s1. The summed E-state index contributed by atoms with van der Waals surface area (Å²) in [5.74, 6) is -0.746. The third kappa shape index (κ3) is 4.62. The SMILES string of the molecule is COC(=O)c1ncsc1S(=O)(=O)NCC[C@H]1CCCN1.Cl. The molecule has 10 heteroatoms. The first-order valence-electron chi connectivity index (χ1n) is 6.29. The van der Waals surface area contributed by atoms with E-state index < -0.39 is 16.0 Å². The van der Waals surface area contributed by atoms with E-state index in [1.54, 1.807) is 0 Å². The number of hydrogen-bond acceptors (Lipinski definition) is 7. The first-order chi connectivity index (χ1) is 9.54. The van der Waals surface area contributed by atoms with Gasteiger partial charge >= 0.3 is 5.97 Å². The molecule has 2 rings (SSSR count). The van der Waals surface area contributed by atoms with Gasteiger partial charge in [-0.25, -0.2) is 22.9 Å². The molecule has 1 aromatic heterocycles. The summed E-state index contributed by atoms with van der Waals surface area (Å²) in [5.41, 5.74) is 1.16. The van der Waals surface area contributed by atoms with Gasteiger partial charge in [-0.2, -0.15) is 0 Å². The molecule has 1 saturated heterocycles. The minimum atomic E-state index is -3.72. The number of nitrogens with zero attached hydrogens (tertiary/aromatic N) is 1. The van der Waals surface area contributed by atoms with Crippen molar-refractivity contribution in [3.63, 3.8) is 0 Å². The van der Waals surface area contributed by atoms with Crippen LogP contribution >= 0.6 is 23.7 Å². The normalized spacial score (nSPS) is 18.2. The van der Waals surface area contributed by atoms with E-state index in [9.17, 15) is 13.2 Å². The lowest BCUT2D eigenvalue weighted by Crippen LogP contribution is -2.31. The van der Waals surface area contributed by atoms with E-state index in [0.29, 0.717) is 12.6 Å². The minimum absolute atomic E-state index is 0. The fourth-order valence-corrected chi connectivity index (χ4v) is 4.32. The summed E-state index contributed by atoms with van der Waals surface area (Å²) in [7, 11) is -2.53. The maximum absolute atomic E-state index is 12.1. The van der Waals surface area contributed by atoms with Crippen molar-refractivity contribution in [3.05, 3.63) is 11.2 Å². The number of hydrogen-bond donors (Lipinski definition) is 2. The zero-order valence-corrected chi connectivity index (χ0v) is 13.9. The summed E-state index contributed by atoms with van der Waals surface area (Å²) in [6.07, 6.45) is 2.92. The number of esters is 1. The maximum atomic E-state index is 12.1. The fourth-order valence-electron chi connectivity index (χ4n) is 2.09. The van der Waals surface area contributed by atoms with E-state index in [-0.39, 0.29) is 22.3 Å². The molecule has 0 amide bonds. The number of sulfonamides is 1. The van der Waals surface area contributed by atoms with Gasteiger partial charge in [0.1, 0.15) is 0 Å². The van der Waals surface area contributed by atoms with Crippen LogP contribution in [0.3, 0.4) is 0 Å². The summed E-state index contributed by atoms with van der Waals surface area (Å²) in [6.45, 7) is 1.32. The summed E-state index contributed by atoms with van der Waals surface area (Å²) in [6, 6.07) is 0.360. The van der Waals surface area contributed by atoms with E-state index in [0.717, 1.165) is 37.1 Å². The van der Waals surface area contributed by atoms with Crippen LogP contribution in [-0.2, 0) is 14.8 Å². The van der Waals surface area contributed by atoms with Gasteiger partial charge < -0.3 is 10.1 Å². The average Bonchev–Trinajstić information content (AvgIpc) is 3.08. The molecule has 0 saturated carbocycles. The summed E-state index contributed by atoms with van der Waals surface area (Å²) in [4.78, 5) is 15.2. The number of rotatable bonds is 6. The lowest BCUT2D eigenvalue weighted by molar-refractivity contribution is 0.0590. The first-order valence-corrected chi connectivity index (χ1v) is 8.65. The second-order valence-corrected chi connectivity index (χ2v) is 7.28. The van der Waals surface area contributed by atoms with Gasteiger partial charge in [-0.15, -0.1) is 23.7 Å². The Morgan fingerprint density at radius 2 is 2.38 bits per heavy atom. The quantitative estimate of drug-likeness (QED) is 0.731. The van der Waals surface area contributed by atoms with E-state index >= 15 is 0 Å². The lowest BCUT2D eigenvalue weighted by Gasteiger charge is -2.10. The van der Waals surface area contributed by atoms with Crippen LogP contribution in [0.15, 0.2) is 9.72 Å². The van der Waals surface area contributed by atoms with Crippen molar-refractivity contribution in [2.45, 2.75) is 29.5 Å². The van der Waals surface area contributed by atoms with Crippen LogP contribution < -0.4 is 10.0 Å². The topological polar surface area (TPSA) is 97.4 Å². The van der Waals surface area contributed by atoms with Gasteiger partial charge in [0.2, 0.25) is 0 Å². The predicted molar refractivity (Wildman–Crippen MR) is 81.5 cm³/mol. The highest BCUT2D eigenvalue weighted by Crippen LogP contribution is 2.20. The van der Waals surface area contributed by atoms with Crippen molar-refractivity contribution >= 4 is 39.7 Å². The number of halogens is 1. The molecule has 0 spiro atoms. The second kappa shape index (κ2) is 8.04. The Morgan fingerprint density at radius 3 is 3.00 bits per heavy atom. The Bertz CT molecular complexity index is 570. The molecule has 1 fully saturated rings. The lowest BCUT2D eigenvalue weighted by atomic mass is 10.2. The molecule has 0 aromatic carbocycles. The van der Waals surface area contributed by atoms with Gasteiger partial charge in [0.15, 0.2) is 9.90 Å². The molecule has 1 atom stereocenters. The molecule has 120 valence electrons. The smallest absolute Gasteiger partial charge is 0.358 e. The number of carbonyl (C=O) groups is 1. The van der Waals surface area contributed by atoms with Gasteiger partial charge in [0.05, 0.1) is 12.6 Å². The average molecular weight is 356 g/mol.